The Hall–Kier alpha value is -2.03. The van der Waals surface area contributed by atoms with Crippen LogP contribution < -0.4 is 5.73 Å². The molecule has 1 fully saturated rings. The van der Waals surface area contributed by atoms with Crippen LogP contribution in [-0.2, 0) is 26.3 Å². The predicted octanol–water partition coefficient (Wildman–Crippen LogP) is 2.60. The topological polar surface area (TPSA) is 90.6 Å². The van der Waals surface area contributed by atoms with E-state index in [4.69, 9.17) is 15.2 Å². The highest BCUT2D eigenvalue weighted by Gasteiger charge is 2.44. The number of nitrogens with zero attached hydrogens (tertiary/aromatic N) is 3. The van der Waals surface area contributed by atoms with Crippen molar-refractivity contribution in [1.82, 2.24) is 14.9 Å². The number of nitrogen functional groups attached to an aromatic ring is 1. The van der Waals surface area contributed by atoms with E-state index >= 15 is 0 Å². The van der Waals surface area contributed by atoms with Gasteiger partial charge in [0.15, 0.2) is 0 Å². The molecule has 0 bridgehead atoms. The van der Waals surface area contributed by atoms with Crippen molar-refractivity contribution in [3.8, 4) is 10.6 Å². The zero-order valence-corrected chi connectivity index (χ0v) is 17.3. The third-order valence-corrected chi connectivity index (χ3v) is 7.03. The molecule has 0 aromatic carbocycles. The van der Waals surface area contributed by atoms with Gasteiger partial charge in [-0.05, 0) is 38.3 Å². The molecule has 2 aromatic rings. The summed E-state index contributed by atoms with van der Waals surface area (Å²) in [6, 6.07) is 2.19. The normalized spacial score (nSPS) is 18.9. The maximum absolute atomic E-state index is 12.7. The molecular weight excluding hydrogens is 376 g/mol. The SMILES string of the molecule is COC(C)(C)C(=O)N1CCC2(CC1)OCCc1sc(-c3cnc(N)cn3)cc12. The molecule has 4 rings (SSSR count). The lowest BCUT2D eigenvalue weighted by Gasteiger charge is -2.45. The van der Waals surface area contributed by atoms with Crippen LogP contribution in [0.4, 0.5) is 5.82 Å². The molecule has 7 nitrogen and oxygen atoms in total. The Balaban J connectivity index is 1.57. The highest BCUT2D eigenvalue weighted by Crippen LogP contribution is 2.46. The van der Waals surface area contributed by atoms with Gasteiger partial charge < -0.3 is 20.1 Å². The molecule has 2 aromatic heterocycles. The zero-order valence-electron chi connectivity index (χ0n) is 16.5. The first-order chi connectivity index (χ1) is 13.3. The first kappa shape index (κ1) is 19.3. The van der Waals surface area contributed by atoms with Crippen LogP contribution in [0.25, 0.3) is 10.6 Å². The van der Waals surface area contributed by atoms with Gasteiger partial charge >= 0.3 is 0 Å². The van der Waals surface area contributed by atoms with Gasteiger partial charge in [0.05, 0.1) is 35.2 Å². The van der Waals surface area contributed by atoms with E-state index in [1.807, 2.05) is 18.7 Å². The fraction of sp³-hybridized carbons (Fsp3) is 0.550. The number of nitrogens with two attached hydrogens (primary N) is 1. The Morgan fingerprint density at radius 3 is 2.71 bits per heavy atom. The minimum atomic E-state index is -0.799. The predicted molar refractivity (Wildman–Crippen MR) is 108 cm³/mol. The number of hydrogen-bond donors (Lipinski definition) is 1. The number of carbonyl (C=O) groups is 1. The van der Waals surface area contributed by atoms with E-state index in [0.29, 0.717) is 25.5 Å². The average Bonchev–Trinajstić information content (AvgIpc) is 3.14. The second kappa shape index (κ2) is 7.09. The van der Waals surface area contributed by atoms with E-state index in [2.05, 4.69) is 16.0 Å². The summed E-state index contributed by atoms with van der Waals surface area (Å²) in [6.45, 7) is 5.66. The maximum atomic E-state index is 12.7. The van der Waals surface area contributed by atoms with Crippen LogP contribution in [0, 0.1) is 0 Å². The maximum Gasteiger partial charge on any atom is 0.254 e. The molecule has 2 N–H and O–H groups in total. The highest BCUT2D eigenvalue weighted by atomic mass is 32.1. The number of hydrogen-bond acceptors (Lipinski definition) is 7. The molecule has 0 radical (unpaired) electrons. The minimum Gasteiger partial charge on any atom is -0.382 e. The quantitative estimate of drug-likeness (QED) is 0.849. The smallest absolute Gasteiger partial charge is 0.254 e. The number of aromatic nitrogens is 2. The number of anilines is 1. The lowest BCUT2D eigenvalue weighted by atomic mass is 9.82. The van der Waals surface area contributed by atoms with E-state index in [-0.39, 0.29) is 11.5 Å². The van der Waals surface area contributed by atoms with Crippen LogP contribution >= 0.6 is 11.3 Å². The first-order valence-corrected chi connectivity index (χ1v) is 10.4. The third kappa shape index (κ3) is 3.29. The second-order valence-corrected chi connectivity index (χ2v) is 9.01. The van der Waals surface area contributed by atoms with Crippen LogP contribution in [-0.4, -0.2) is 53.2 Å². The average molecular weight is 403 g/mol. The fourth-order valence-electron chi connectivity index (χ4n) is 3.96. The molecule has 2 aliphatic heterocycles. The molecule has 4 heterocycles. The van der Waals surface area contributed by atoms with E-state index in [9.17, 15) is 4.79 Å². The van der Waals surface area contributed by atoms with Gasteiger partial charge in [0.2, 0.25) is 0 Å². The van der Waals surface area contributed by atoms with Crippen molar-refractivity contribution >= 4 is 23.1 Å². The van der Waals surface area contributed by atoms with Gasteiger partial charge in [0, 0.05) is 31.5 Å². The summed E-state index contributed by atoms with van der Waals surface area (Å²) in [5.41, 5.74) is 6.62. The summed E-state index contributed by atoms with van der Waals surface area (Å²) in [6.07, 6.45) is 5.78. The van der Waals surface area contributed by atoms with Crippen LogP contribution in [0.1, 0.15) is 37.1 Å². The summed E-state index contributed by atoms with van der Waals surface area (Å²) in [5.74, 6) is 0.449. The third-order valence-electron chi connectivity index (χ3n) is 5.82. The summed E-state index contributed by atoms with van der Waals surface area (Å²) in [7, 11) is 1.58. The molecule has 0 aliphatic carbocycles. The van der Waals surface area contributed by atoms with Crippen molar-refractivity contribution in [3.05, 3.63) is 28.9 Å². The van der Waals surface area contributed by atoms with Crippen molar-refractivity contribution in [3.63, 3.8) is 0 Å². The Morgan fingerprint density at radius 1 is 1.32 bits per heavy atom. The first-order valence-electron chi connectivity index (χ1n) is 9.54. The van der Waals surface area contributed by atoms with Gasteiger partial charge in [-0.3, -0.25) is 4.79 Å². The van der Waals surface area contributed by atoms with Gasteiger partial charge in [-0.15, -0.1) is 11.3 Å². The lowest BCUT2D eigenvalue weighted by Crippen LogP contribution is -2.53. The molecule has 1 spiro atoms. The van der Waals surface area contributed by atoms with E-state index in [0.717, 1.165) is 29.8 Å². The minimum absolute atomic E-state index is 0.0315. The number of fused-ring (bicyclic) bond motifs is 2. The van der Waals surface area contributed by atoms with Crippen molar-refractivity contribution in [2.24, 2.45) is 0 Å². The number of amides is 1. The number of carbonyl (C=O) groups excluding carboxylic acids is 1. The van der Waals surface area contributed by atoms with Crippen LogP contribution in [0.2, 0.25) is 0 Å². The van der Waals surface area contributed by atoms with Gasteiger partial charge in [0.25, 0.3) is 5.91 Å². The summed E-state index contributed by atoms with van der Waals surface area (Å²) < 4.78 is 11.7. The van der Waals surface area contributed by atoms with Gasteiger partial charge in [-0.1, -0.05) is 0 Å². The lowest BCUT2D eigenvalue weighted by molar-refractivity contribution is -0.158. The molecule has 1 amide bonds. The number of rotatable bonds is 3. The standard InChI is InChI=1S/C20H26N4O3S/c1-19(2,26-3)18(25)24-7-5-20(6-8-24)13-10-16(28-15(13)4-9-27-20)14-11-23-17(21)12-22-14/h10-12H,4-9H2,1-3H3,(H2,21,23). The summed E-state index contributed by atoms with van der Waals surface area (Å²) in [4.78, 5) is 25.6. The molecule has 0 unspecified atom stereocenters. The summed E-state index contributed by atoms with van der Waals surface area (Å²) >= 11 is 1.75. The number of piperidine rings is 1. The molecule has 2 aliphatic rings. The van der Waals surface area contributed by atoms with E-state index < -0.39 is 5.60 Å². The van der Waals surface area contributed by atoms with Crippen molar-refractivity contribution < 1.29 is 14.3 Å². The number of likely N-dealkylation sites (tertiary alicyclic amines) is 1. The van der Waals surface area contributed by atoms with Crippen molar-refractivity contribution in [2.45, 2.75) is 44.3 Å². The van der Waals surface area contributed by atoms with Gasteiger partial charge in [-0.2, -0.15) is 0 Å². The zero-order chi connectivity index (χ0) is 19.9. The molecule has 8 heteroatoms. The van der Waals surface area contributed by atoms with Gasteiger partial charge in [-0.25, -0.2) is 9.97 Å². The van der Waals surface area contributed by atoms with Crippen LogP contribution in [0.15, 0.2) is 18.5 Å². The van der Waals surface area contributed by atoms with Gasteiger partial charge in [0.1, 0.15) is 11.4 Å². The fourth-order valence-corrected chi connectivity index (χ4v) is 5.15. The molecule has 0 atom stereocenters. The molecule has 0 saturated carbocycles. The van der Waals surface area contributed by atoms with Crippen LogP contribution in [0.3, 0.4) is 0 Å². The Labute approximate surface area is 168 Å². The molecule has 1 saturated heterocycles. The largest absolute Gasteiger partial charge is 0.382 e. The van der Waals surface area contributed by atoms with Crippen molar-refractivity contribution in [1.29, 1.82) is 0 Å². The number of thiophene rings is 1. The number of methoxy groups -OCH3 is 1. The Bertz CT molecular complexity index is 870. The monoisotopic (exact) mass is 402 g/mol. The second-order valence-electron chi connectivity index (χ2n) is 7.87. The molecule has 28 heavy (non-hydrogen) atoms. The molecule has 150 valence electrons. The summed E-state index contributed by atoms with van der Waals surface area (Å²) in [5, 5.41) is 0. The Morgan fingerprint density at radius 2 is 2.07 bits per heavy atom. The molecular formula is C20H26N4O3S. The Kier molecular flexibility index (Phi) is 4.89. The van der Waals surface area contributed by atoms with E-state index in [1.54, 1.807) is 30.8 Å². The van der Waals surface area contributed by atoms with Crippen molar-refractivity contribution in [2.75, 3.05) is 32.5 Å². The van der Waals surface area contributed by atoms with E-state index in [1.165, 1.54) is 10.4 Å². The highest BCUT2D eigenvalue weighted by molar-refractivity contribution is 7.15. The number of ether oxygens (including phenoxy) is 2. The van der Waals surface area contributed by atoms with Crippen LogP contribution in [0.5, 0.6) is 0 Å².